The minimum Gasteiger partial charge on any atom is -0.477 e. The lowest BCUT2D eigenvalue weighted by atomic mass is 9.89. The third-order valence-electron chi connectivity index (χ3n) is 2.47. The van der Waals surface area contributed by atoms with Crippen LogP contribution in [0.2, 0.25) is 0 Å². The Hall–Kier alpha value is -0.960. The molecule has 1 unspecified atom stereocenters. The molecule has 0 radical (unpaired) electrons. The molecule has 0 aliphatic carbocycles. The smallest absolute Gasteiger partial charge is 0.347 e. The average molecular weight is 321 g/mol. The Morgan fingerprint density at radius 1 is 1.45 bits per heavy atom. The van der Waals surface area contributed by atoms with E-state index in [2.05, 4.69) is 4.72 Å². The van der Waals surface area contributed by atoms with Crippen molar-refractivity contribution >= 4 is 27.3 Å². The number of hydrogen-bond acceptors (Lipinski definition) is 5. The molecule has 0 spiro atoms. The van der Waals surface area contributed by atoms with E-state index in [1.54, 1.807) is 0 Å². The molecular weight excluding hydrogens is 302 g/mol. The molecule has 0 amide bonds. The van der Waals surface area contributed by atoms with Crippen molar-refractivity contribution in [2.75, 3.05) is 6.54 Å². The van der Waals surface area contributed by atoms with Gasteiger partial charge in [0.05, 0.1) is 6.10 Å². The molecule has 1 heterocycles. The second kappa shape index (κ2) is 6.21. The topological polar surface area (TPSA) is 104 Å². The highest BCUT2D eigenvalue weighted by molar-refractivity contribution is 7.89. The number of carboxylic acid groups (broad SMARTS) is 1. The highest BCUT2D eigenvalue weighted by Gasteiger charge is 2.25. The second-order valence-electron chi connectivity index (χ2n) is 5.69. The van der Waals surface area contributed by atoms with Crippen molar-refractivity contribution in [2.24, 2.45) is 5.41 Å². The third kappa shape index (κ3) is 4.86. The molecule has 0 saturated heterocycles. The zero-order chi connectivity index (χ0) is 15.6. The number of thiophene rings is 1. The molecule has 0 saturated carbocycles. The number of hydrogen-bond donors (Lipinski definition) is 3. The van der Waals surface area contributed by atoms with E-state index in [4.69, 9.17) is 5.11 Å². The first kappa shape index (κ1) is 17.1. The van der Waals surface area contributed by atoms with Crippen LogP contribution in [0.5, 0.6) is 0 Å². The first-order valence-electron chi connectivity index (χ1n) is 6.01. The molecule has 0 aliphatic rings. The molecular formula is C12H19NO5S2. The van der Waals surface area contributed by atoms with Crippen LogP contribution < -0.4 is 4.72 Å². The van der Waals surface area contributed by atoms with E-state index < -0.39 is 22.1 Å². The average Bonchev–Trinajstić information content (AvgIpc) is 2.73. The lowest BCUT2D eigenvalue weighted by Gasteiger charge is -2.22. The van der Waals surface area contributed by atoms with Gasteiger partial charge in [-0.2, -0.15) is 0 Å². The fourth-order valence-corrected chi connectivity index (χ4v) is 4.06. The molecule has 0 aliphatic heterocycles. The second-order valence-corrected chi connectivity index (χ2v) is 8.34. The quantitative estimate of drug-likeness (QED) is 0.737. The lowest BCUT2D eigenvalue weighted by Crippen LogP contribution is -2.34. The van der Waals surface area contributed by atoms with Gasteiger partial charge in [0.25, 0.3) is 0 Å². The minimum atomic E-state index is -3.92. The van der Waals surface area contributed by atoms with Crippen LogP contribution in [0.25, 0.3) is 0 Å². The number of aliphatic hydroxyl groups is 1. The summed E-state index contributed by atoms with van der Waals surface area (Å²) >= 11 is 0.848. The fourth-order valence-electron chi connectivity index (χ4n) is 1.73. The standard InChI is InChI=1S/C12H19NO5S2/c1-12(2,3)6-8(14)7-13-20(17,18)9-4-5-19-10(9)11(15)16/h4-5,8,13-14H,6-7H2,1-3H3,(H,15,16). The van der Waals surface area contributed by atoms with Crippen LogP contribution in [-0.2, 0) is 10.0 Å². The van der Waals surface area contributed by atoms with Crippen LogP contribution in [-0.4, -0.2) is 37.2 Å². The van der Waals surface area contributed by atoms with Crippen LogP contribution >= 0.6 is 11.3 Å². The molecule has 1 aromatic heterocycles. The minimum absolute atomic E-state index is 0.126. The van der Waals surface area contributed by atoms with Gasteiger partial charge < -0.3 is 10.2 Å². The summed E-state index contributed by atoms with van der Waals surface area (Å²) in [5.74, 6) is -1.28. The summed E-state index contributed by atoms with van der Waals surface area (Å²) in [6.07, 6.45) is -0.387. The molecule has 20 heavy (non-hydrogen) atoms. The van der Waals surface area contributed by atoms with Gasteiger partial charge in [-0.25, -0.2) is 17.9 Å². The molecule has 0 aromatic carbocycles. The van der Waals surface area contributed by atoms with Crippen molar-refractivity contribution in [3.63, 3.8) is 0 Å². The summed E-state index contributed by atoms with van der Waals surface area (Å²) in [5, 5.41) is 20.1. The Morgan fingerprint density at radius 3 is 2.55 bits per heavy atom. The normalized spacial score (nSPS) is 14.2. The van der Waals surface area contributed by atoms with Crippen LogP contribution in [0.1, 0.15) is 36.9 Å². The van der Waals surface area contributed by atoms with Crippen molar-refractivity contribution in [3.05, 3.63) is 16.3 Å². The highest BCUT2D eigenvalue weighted by atomic mass is 32.2. The van der Waals surface area contributed by atoms with Gasteiger partial charge in [-0.3, -0.25) is 0 Å². The van der Waals surface area contributed by atoms with Gasteiger partial charge in [-0.05, 0) is 23.3 Å². The van der Waals surface area contributed by atoms with Crippen LogP contribution in [0.4, 0.5) is 0 Å². The van der Waals surface area contributed by atoms with E-state index in [9.17, 15) is 18.3 Å². The molecule has 0 bridgehead atoms. The van der Waals surface area contributed by atoms with Gasteiger partial charge in [0.15, 0.2) is 0 Å². The Kier molecular flexibility index (Phi) is 5.31. The van der Waals surface area contributed by atoms with Crippen LogP contribution in [0.3, 0.4) is 0 Å². The Labute approximate surface area is 122 Å². The summed E-state index contributed by atoms with van der Waals surface area (Å²) in [6, 6.07) is 1.24. The number of carbonyl (C=O) groups is 1. The summed E-state index contributed by atoms with van der Waals surface area (Å²) in [4.78, 5) is 10.4. The van der Waals surface area contributed by atoms with E-state index >= 15 is 0 Å². The van der Waals surface area contributed by atoms with E-state index in [0.717, 1.165) is 11.3 Å². The first-order chi connectivity index (χ1) is 9.03. The largest absolute Gasteiger partial charge is 0.477 e. The zero-order valence-electron chi connectivity index (χ0n) is 11.6. The number of aliphatic hydroxyl groups excluding tert-OH is 1. The zero-order valence-corrected chi connectivity index (χ0v) is 13.2. The Balaban J connectivity index is 2.76. The number of rotatable bonds is 6. The van der Waals surface area contributed by atoms with Crippen molar-refractivity contribution in [3.8, 4) is 0 Å². The molecule has 1 atom stereocenters. The number of carboxylic acids is 1. The van der Waals surface area contributed by atoms with E-state index in [1.807, 2.05) is 20.8 Å². The van der Waals surface area contributed by atoms with E-state index in [0.29, 0.717) is 6.42 Å². The third-order valence-corrected chi connectivity index (χ3v) is 4.97. The van der Waals surface area contributed by atoms with Gasteiger partial charge in [0.2, 0.25) is 10.0 Å². The summed E-state index contributed by atoms with van der Waals surface area (Å²) in [6.45, 7) is 5.67. The summed E-state index contributed by atoms with van der Waals surface area (Å²) in [7, 11) is -3.92. The van der Waals surface area contributed by atoms with Gasteiger partial charge in [0.1, 0.15) is 9.77 Å². The predicted octanol–water partition coefficient (Wildman–Crippen LogP) is 1.52. The van der Waals surface area contributed by atoms with E-state index in [-0.39, 0.29) is 21.7 Å². The SMILES string of the molecule is CC(C)(C)CC(O)CNS(=O)(=O)c1ccsc1C(=O)O. The molecule has 6 nitrogen and oxygen atoms in total. The fraction of sp³-hybridized carbons (Fsp3) is 0.583. The summed E-state index contributed by atoms with van der Waals surface area (Å²) < 4.78 is 26.3. The summed E-state index contributed by atoms with van der Waals surface area (Å²) in [5.41, 5.74) is -0.126. The molecule has 8 heteroatoms. The Morgan fingerprint density at radius 2 is 2.05 bits per heavy atom. The van der Waals surface area contributed by atoms with Crippen molar-refractivity contribution in [1.29, 1.82) is 0 Å². The van der Waals surface area contributed by atoms with Crippen LogP contribution in [0.15, 0.2) is 16.3 Å². The Bertz CT molecular complexity index is 571. The van der Waals surface area contributed by atoms with Gasteiger partial charge in [-0.15, -0.1) is 11.3 Å². The number of nitrogens with one attached hydrogen (secondary N) is 1. The molecule has 0 fully saturated rings. The maximum absolute atomic E-state index is 12.0. The predicted molar refractivity (Wildman–Crippen MR) is 76.5 cm³/mol. The maximum atomic E-state index is 12.0. The first-order valence-corrected chi connectivity index (χ1v) is 8.38. The van der Waals surface area contributed by atoms with Crippen molar-refractivity contribution in [2.45, 2.75) is 38.2 Å². The van der Waals surface area contributed by atoms with Crippen LogP contribution in [0, 0.1) is 5.41 Å². The van der Waals surface area contributed by atoms with E-state index in [1.165, 1.54) is 11.4 Å². The highest BCUT2D eigenvalue weighted by Crippen LogP contribution is 2.23. The maximum Gasteiger partial charge on any atom is 0.347 e. The molecule has 114 valence electrons. The monoisotopic (exact) mass is 321 g/mol. The molecule has 1 rings (SSSR count). The molecule has 3 N–H and O–H groups in total. The van der Waals surface area contributed by atoms with Crippen molar-refractivity contribution in [1.82, 2.24) is 4.72 Å². The van der Waals surface area contributed by atoms with Gasteiger partial charge in [-0.1, -0.05) is 20.8 Å². The van der Waals surface area contributed by atoms with Crippen molar-refractivity contribution < 1.29 is 23.4 Å². The lowest BCUT2D eigenvalue weighted by molar-refractivity contribution is 0.0698. The number of sulfonamides is 1. The molecule has 1 aromatic rings. The van der Waals surface area contributed by atoms with Gasteiger partial charge in [0, 0.05) is 6.54 Å². The van der Waals surface area contributed by atoms with Gasteiger partial charge >= 0.3 is 5.97 Å². The number of aromatic carboxylic acids is 1.